The van der Waals surface area contributed by atoms with Gasteiger partial charge in [-0.1, -0.05) is 33.3 Å². The van der Waals surface area contributed by atoms with Crippen molar-refractivity contribution in [3.05, 3.63) is 35.9 Å². The van der Waals surface area contributed by atoms with Gasteiger partial charge in [0.25, 0.3) is 0 Å². The van der Waals surface area contributed by atoms with E-state index in [1.807, 2.05) is 0 Å². The molecular formula is C18H25O4. The molecule has 0 heterocycles. The molecule has 121 valence electrons. The molecule has 1 aliphatic carbocycles. The van der Waals surface area contributed by atoms with E-state index in [9.17, 15) is 4.79 Å². The molecule has 1 saturated carbocycles. The van der Waals surface area contributed by atoms with Crippen LogP contribution in [0.15, 0.2) is 24.3 Å². The molecule has 1 aliphatic rings. The summed E-state index contributed by atoms with van der Waals surface area (Å²) in [6.07, 6.45) is 4.03. The first-order valence-electron chi connectivity index (χ1n) is 7.90. The first kappa shape index (κ1) is 16.8. The van der Waals surface area contributed by atoms with Gasteiger partial charge in [-0.05, 0) is 48.8 Å². The first-order valence-corrected chi connectivity index (χ1v) is 7.90. The summed E-state index contributed by atoms with van der Waals surface area (Å²) in [5, 5.41) is 0. The lowest BCUT2D eigenvalue weighted by molar-refractivity contribution is -0.251. The molecule has 1 fully saturated rings. The molecular weight excluding hydrogens is 280 g/mol. The van der Waals surface area contributed by atoms with Gasteiger partial charge in [0.2, 0.25) is 0 Å². The Bertz CT molecular complexity index is 498. The van der Waals surface area contributed by atoms with Crippen molar-refractivity contribution in [2.75, 3.05) is 7.11 Å². The van der Waals surface area contributed by atoms with Crippen LogP contribution in [0.1, 0.15) is 50.4 Å². The highest BCUT2D eigenvalue weighted by Gasteiger charge is 2.34. The zero-order valence-electron chi connectivity index (χ0n) is 13.8. The van der Waals surface area contributed by atoms with Crippen molar-refractivity contribution in [2.24, 2.45) is 17.8 Å². The first-order chi connectivity index (χ1) is 10.5. The largest absolute Gasteiger partial charge is 0.497 e. The summed E-state index contributed by atoms with van der Waals surface area (Å²) in [6.45, 7) is 6.55. The summed E-state index contributed by atoms with van der Waals surface area (Å²) in [7, 11) is 1.56. The molecule has 2 rings (SSSR count). The van der Waals surface area contributed by atoms with Crippen molar-refractivity contribution < 1.29 is 19.3 Å². The smallest absolute Gasteiger partial charge is 0.373 e. The van der Waals surface area contributed by atoms with Crippen molar-refractivity contribution in [1.29, 1.82) is 0 Å². The maximum absolute atomic E-state index is 12.1. The number of ether oxygens (including phenoxy) is 1. The van der Waals surface area contributed by atoms with E-state index >= 15 is 0 Å². The molecule has 0 saturated heterocycles. The van der Waals surface area contributed by atoms with E-state index in [0.29, 0.717) is 29.1 Å². The summed E-state index contributed by atoms with van der Waals surface area (Å²) in [5.41, 5.74) is 0.421. The van der Waals surface area contributed by atoms with Gasteiger partial charge < -0.3 is 4.74 Å². The number of hydrogen-bond acceptors (Lipinski definition) is 4. The predicted molar refractivity (Wildman–Crippen MR) is 84.1 cm³/mol. The van der Waals surface area contributed by atoms with E-state index in [1.54, 1.807) is 31.4 Å². The van der Waals surface area contributed by atoms with Gasteiger partial charge in [-0.25, -0.2) is 4.79 Å². The van der Waals surface area contributed by atoms with Crippen LogP contribution in [0.5, 0.6) is 5.75 Å². The van der Waals surface area contributed by atoms with Crippen molar-refractivity contribution in [2.45, 2.75) is 40.0 Å². The molecule has 0 bridgehead atoms. The lowest BCUT2D eigenvalue weighted by atomic mass is 9.75. The highest BCUT2D eigenvalue weighted by Crippen LogP contribution is 2.40. The Labute approximate surface area is 132 Å². The molecule has 4 nitrogen and oxygen atoms in total. The van der Waals surface area contributed by atoms with E-state index in [-0.39, 0.29) is 0 Å². The van der Waals surface area contributed by atoms with E-state index < -0.39 is 5.97 Å². The molecule has 2 atom stereocenters. The lowest BCUT2D eigenvalue weighted by Crippen LogP contribution is -2.28. The third-order valence-corrected chi connectivity index (χ3v) is 4.27. The zero-order chi connectivity index (χ0) is 16.1. The van der Waals surface area contributed by atoms with Crippen LogP contribution in [0.3, 0.4) is 0 Å². The third-order valence-electron chi connectivity index (χ3n) is 4.27. The second kappa shape index (κ2) is 7.63. The normalized spacial score (nSPS) is 22.6. The van der Waals surface area contributed by atoms with Crippen molar-refractivity contribution in [3.63, 3.8) is 0 Å². The topological polar surface area (TPSA) is 44.8 Å². The van der Waals surface area contributed by atoms with E-state index in [1.165, 1.54) is 6.42 Å². The number of rotatable bonds is 5. The maximum Gasteiger partial charge on any atom is 0.373 e. The molecule has 22 heavy (non-hydrogen) atoms. The van der Waals surface area contributed by atoms with Crippen LogP contribution in [-0.4, -0.2) is 13.1 Å². The Morgan fingerprint density at radius 2 is 2.05 bits per heavy atom. The Kier molecular flexibility index (Phi) is 5.83. The Morgan fingerprint density at radius 1 is 1.27 bits per heavy atom. The van der Waals surface area contributed by atoms with Gasteiger partial charge in [0.1, 0.15) is 5.75 Å². The van der Waals surface area contributed by atoms with Gasteiger partial charge in [0.15, 0.2) is 6.10 Å². The summed E-state index contributed by atoms with van der Waals surface area (Å²) >= 11 is 0. The van der Waals surface area contributed by atoms with Gasteiger partial charge in [0.05, 0.1) is 12.7 Å². The van der Waals surface area contributed by atoms with Crippen LogP contribution >= 0.6 is 0 Å². The minimum absolute atomic E-state index is 0.356. The van der Waals surface area contributed by atoms with Crippen molar-refractivity contribution in [3.8, 4) is 5.75 Å². The number of carbonyl (C=O) groups is 1. The fourth-order valence-corrected chi connectivity index (χ4v) is 2.91. The molecule has 0 amide bonds. The highest BCUT2D eigenvalue weighted by atomic mass is 17.2. The summed E-state index contributed by atoms with van der Waals surface area (Å²) < 4.78 is 5.11. The fourth-order valence-electron chi connectivity index (χ4n) is 2.91. The van der Waals surface area contributed by atoms with Crippen LogP contribution in [0.25, 0.3) is 0 Å². The van der Waals surface area contributed by atoms with E-state index in [0.717, 1.165) is 18.9 Å². The Hall–Kier alpha value is -1.55. The molecule has 0 N–H and O–H groups in total. The average Bonchev–Trinajstić information content (AvgIpc) is 2.52. The molecule has 2 unspecified atom stereocenters. The Morgan fingerprint density at radius 3 is 2.73 bits per heavy atom. The molecule has 0 aliphatic heterocycles. The third kappa shape index (κ3) is 4.23. The fraction of sp³-hybridized carbons (Fsp3) is 0.556. The zero-order valence-corrected chi connectivity index (χ0v) is 13.8. The summed E-state index contributed by atoms with van der Waals surface area (Å²) in [4.78, 5) is 22.6. The number of hydrogen-bond donors (Lipinski definition) is 0. The highest BCUT2D eigenvalue weighted by molar-refractivity contribution is 5.89. The van der Waals surface area contributed by atoms with Crippen LogP contribution < -0.4 is 4.74 Å². The van der Waals surface area contributed by atoms with Gasteiger partial charge in [-0.15, -0.1) is 0 Å². The van der Waals surface area contributed by atoms with Crippen LogP contribution in [-0.2, 0) is 9.78 Å². The number of methoxy groups -OCH3 is 1. The SMILES string of the molecule is COc1cccc(C(=O)OO[C]2CC(C)CCC2C(C)C)c1. The van der Waals surface area contributed by atoms with Gasteiger partial charge >= 0.3 is 5.97 Å². The van der Waals surface area contributed by atoms with Gasteiger partial charge in [-0.3, -0.25) is 4.89 Å². The minimum atomic E-state index is -0.493. The van der Waals surface area contributed by atoms with Crippen LogP contribution in [0.4, 0.5) is 0 Å². The maximum atomic E-state index is 12.1. The molecule has 1 aromatic carbocycles. The minimum Gasteiger partial charge on any atom is -0.497 e. The predicted octanol–water partition coefficient (Wildman–Crippen LogP) is 4.41. The quantitative estimate of drug-likeness (QED) is 0.597. The number of carbonyl (C=O) groups excluding carboxylic acids is 1. The van der Waals surface area contributed by atoms with Crippen LogP contribution in [0, 0.1) is 23.9 Å². The molecule has 1 aromatic rings. The van der Waals surface area contributed by atoms with Crippen molar-refractivity contribution >= 4 is 5.97 Å². The monoisotopic (exact) mass is 305 g/mol. The standard InChI is InChI=1S/C18H25O4/c1-12(2)16-9-8-13(3)10-17(16)21-22-18(19)14-6-5-7-15(11-14)20-4/h5-7,11-13,16H,8-10H2,1-4H3. The molecule has 1 radical (unpaired) electrons. The van der Waals surface area contributed by atoms with Crippen LogP contribution in [0.2, 0.25) is 0 Å². The molecule has 4 heteroatoms. The summed E-state index contributed by atoms with van der Waals surface area (Å²) in [5.74, 6) is 1.54. The second-order valence-electron chi connectivity index (χ2n) is 6.39. The van der Waals surface area contributed by atoms with Gasteiger partial charge in [0, 0.05) is 0 Å². The van der Waals surface area contributed by atoms with Crippen molar-refractivity contribution in [1.82, 2.24) is 0 Å². The van der Waals surface area contributed by atoms with E-state index in [4.69, 9.17) is 14.5 Å². The Balaban J connectivity index is 1.96. The second-order valence-corrected chi connectivity index (χ2v) is 6.39. The van der Waals surface area contributed by atoms with Gasteiger partial charge in [-0.2, -0.15) is 4.89 Å². The van der Waals surface area contributed by atoms with E-state index in [2.05, 4.69) is 20.8 Å². The molecule has 0 aromatic heterocycles. The number of benzene rings is 1. The average molecular weight is 305 g/mol. The molecule has 0 spiro atoms. The summed E-state index contributed by atoms with van der Waals surface area (Å²) in [6, 6.07) is 6.86. The lowest BCUT2D eigenvalue weighted by Gasteiger charge is -2.34.